The van der Waals surface area contributed by atoms with Gasteiger partial charge in [0.15, 0.2) is 0 Å². The molecule has 7 heteroatoms. The van der Waals surface area contributed by atoms with Crippen LogP contribution in [0.3, 0.4) is 0 Å². The van der Waals surface area contributed by atoms with Gasteiger partial charge in [-0.2, -0.15) is 0 Å². The zero-order valence-corrected chi connectivity index (χ0v) is 20.9. The lowest BCUT2D eigenvalue weighted by Gasteiger charge is -2.43. The topological polar surface area (TPSA) is 44.3 Å². The number of hydrogen-bond donors (Lipinski definition) is 1. The van der Waals surface area contributed by atoms with Crippen molar-refractivity contribution in [3.63, 3.8) is 0 Å². The fourth-order valence-corrected chi connectivity index (χ4v) is 5.85. The zero-order valence-electron chi connectivity index (χ0n) is 20.9. The number of hydrogen-bond acceptors (Lipinski definition) is 3. The Morgan fingerprint density at radius 2 is 1.91 bits per heavy atom. The quantitative estimate of drug-likeness (QED) is 0.506. The lowest BCUT2D eigenvalue weighted by atomic mass is 9.88. The summed E-state index contributed by atoms with van der Waals surface area (Å²) in [7, 11) is 0. The first-order valence-corrected chi connectivity index (χ1v) is 12.8. The third-order valence-corrected chi connectivity index (χ3v) is 7.54. The Morgan fingerprint density at radius 1 is 1.14 bits per heavy atom. The number of aromatic amines is 1. The summed E-state index contributed by atoms with van der Waals surface area (Å²) in [6.45, 7) is 8.56. The van der Waals surface area contributed by atoms with E-state index in [1.165, 1.54) is 10.9 Å². The third kappa shape index (κ3) is 4.94. The molecule has 0 spiro atoms. The predicted octanol–water partition coefficient (Wildman–Crippen LogP) is 4.71. The molecule has 0 bridgehead atoms. The average molecular weight is 483 g/mol. The first kappa shape index (κ1) is 24.2. The number of likely N-dealkylation sites (tertiary alicyclic amines) is 1. The zero-order chi connectivity index (χ0) is 24.7. The predicted molar refractivity (Wildman–Crippen MR) is 136 cm³/mol. The molecule has 0 amide bonds. The van der Waals surface area contributed by atoms with E-state index in [0.29, 0.717) is 6.54 Å². The SMILES string of the molecule is C[C@@H]1Cc2c([nH]c3ccccc23)[C@@H](c2ccn(CCCN3CC(CF)C3)c(=O)c2)N1CC(C)(C)F. The van der Waals surface area contributed by atoms with Gasteiger partial charge in [-0.1, -0.05) is 18.2 Å². The number of aromatic nitrogens is 2. The molecule has 2 atom stereocenters. The molecule has 2 aliphatic heterocycles. The van der Waals surface area contributed by atoms with E-state index >= 15 is 0 Å². The van der Waals surface area contributed by atoms with Crippen LogP contribution in [-0.4, -0.2) is 63.9 Å². The minimum atomic E-state index is -1.36. The van der Waals surface area contributed by atoms with Gasteiger partial charge in [0.25, 0.3) is 5.56 Å². The van der Waals surface area contributed by atoms with Crippen LogP contribution in [-0.2, 0) is 13.0 Å². The van der Waals surface area contributed by atoms with E-state index in [1.54, 1.807) is 24.5 Å². The Morgan fingerprint density at radius 3 is 2.63 bits per heavy atom. The van der Waals surface area contributed by atoms with Crippen LogP contribution in [0, 0.1) is 5.92 Å². The number of para-hydroxylation sites is 1. The van der Waals surface area contributed by atoms with Crippen LogP contribution >= 0.6 is 0 Å². The van der Waals surface area contributed by atoms with Gasteiger partial charge >= 0.3 is 0 Å². The number of rotatable bonds is 8. The monoisotopic (exact) mass is 482 g/mol. The number of pyridine rings is 1. The number of halogens is 2. The average Bonchev–Trinajstić information content (AvgIpc) is 3.14. The molecule has 2 aromatic heterocycles. The minimum absolute atomic E-state index is 0.0388. The maximum absolute atomic E-state index is 14.9. The van der Waals surface area contributed by atoms with Crippen LogP contribution < -0.4 is 5.56 Å². The van der Waals surface area contributed by atoms with Crippen LogP contribution in [0.15, 0.2) is 47.4 Å². The molecule has 1 fully saturated rings. The van der Waals surface area contributed by atoms with E-state index in [0.717, 1.165) is 49.2 Å². The minimum Gasteiger partial charge on any atom is -0.357 e. The lowest BCUT2D eigenvalue weighted by molar-refractivity contribution is 0.0667. The molecule has 0 aliphatic carbocycles. The summed E-state index contributed by atoms with van der Waals surface area (Å²) in [5.74, 6) is 0.182. The van der Waals surface area contributed by atoms with Crippen molar-refractivity contribution in [2.45, 2.75) is 57.9 Å². The maximum atomic E-state index is 14.9. The summed E-state index contributed by atoms with van der Waals surface area (Å²) in [6.07, 6.45) is 3.56. The highest BCUT2D eigenvalue weighted by molar-refractivity contribution is 5.85. The van der Waals surface area contributed by atoms with Crippen molar-refractivity contribution in [3.8, 4) is 0 Å². The number of fused-ring (bicyclic) bond motifs is 3. The van der Waals surface area contributed by atoms with Crippen molar-refractivity contribution < 1.29 is 8.78 Å². The molecule has 0 radical (unpaired) electrons. The van der Waals surface area contributed by atoms with E-state index in [2.05, 4.69) is 33.8 Å². The lowest BCUT2D eigenvalue weighted by Crippen LogP contribution is -2.48. The Balaban J connectivity index is 1.42. The van der Waals surface area contributed by atoms with Crippen molar-refractivity contribution in [3.05, 3.63) is 69.8 Å². The van der Waals surface area contributed by atoms with Gasteiger partial charge in [0, 0.05) is 67.0 Å². The molecule has 1 saturated heterocycles. The Labute approximate surface area is 205 Å². The van der Waals surface area contributed by atoms with Gasteiger partial charge in [-0.3, -0.25) is 14.1 Å². The fraction of sp³-hybridized carbons (Fsp3) is 0.536. The molecule has 5 rings (SSSR count). The summed E-state index contributed by atoms with van der Waals surface area (Å²) < 4.78 is 29.3. The number of alkyl halides is 2. The smallest absolute Gasteiger partial charge is 0.250 e. The molecule has 188 valence electrons. The summed E-state index contributed by atoms with van der Waals surface area (Å²) in [5.41, 5.74) is 2.89. The second-order valence-corrected chi connectivity index (χ2v) is 11.0. The van der Waals surface area contributed by atoms with Crippen LogP contribution in [0.2, 0.25) is 0 Å². The van der Waals surface area contributed by atoms with Crippen LogP contribution in [0.5, 0.6) is 0 Å². The number of nitrogens with zero attached hydrogens (tertiary/aromatic N) is 3. The summed E-state index contributed by atoms with van der Waals surface area (Å²) >= 11 is 0. The van der Waals surface area contributed by atoms with Gasteiger partial charge in [-0.05, 0) is 63.4 Å². The molecule has 35 heavy (non-hydrogen) atoms. The number of aryl methyl sites for hydroxylation is 1. The number of benzene rings is 1. The van der Waals surface area contributed by atoms with E-state index in [9.17, 15) is 13.6 Å². The van der Waals surface area contributed by atoms with Crippen LogP contribution in [0.1, 0.15) is 50.1 Å². The van der Waals surface area contributed by atoms with E-state index < -0.39 is 5.67 Å². The summed E-state index contributed by atoms with van der Waals surface area (Å²) in [5, 5.41) is 1.20. The highest BCUT2D eigenvalue weighted by atomic mass is 19.1. The van der Waals surface area contributed by atoms with Crippen molar-refractivity contribution in [1.82, 2.24) is 19.4 Å². The normalized spacial score (nSPS) is 21.9. The second kappa shape index (κ2) is 9.51. The Kier molecular flexibility index (Phi) is 6.57. The third-order valence-electron chi connectivity index (χ3n) is 7.54. The van der Waals surface area contributed by atoms with E-state index in [4.69, 9.17) is 0 Å². The summed E-state index contributed by atoms with van der Waals surface area (Å²) in [4.78, 5) is 21.1. The second-order valence-electron chi connectivity index (χ2n) is 11.0. The molecular formula is C28H36F2N4O. The number of H-pyrrole nitrogens is 1. The maximum Gasteiger partial charge on any atom is 0.250 e. The molecule has 3 aromatic rings. The molecular weight excluding hydrogens is 446 g/mol. The van der Waals surface area contributed by atoms with Crippen molar-refractivity contribution in [1.29, 1.82) is 0 Å². The standard InChI is InChI=1S/C28H36F2N4O/c1-19-13-23-22-7-4-5-8-24(22)31-26(23)27(34(19)18-28(2,3)30)21-9-12-33(25(35)14-21)11-6-10-32-16-20(15-29)17-32/h4-5,7-9,12,14,19-20,27,31H,6,10-11,13,15-18H2,1-3H3/t19-,27-/m1/s1. The highest BCUT2D eigenvalue weighted by Gasteiger charge is 2.38. The van der Waals surface area contributed by atoms with Gasteiger partial charge in [-0.15, -0.1) is 0 Å². The fourth-order valence-electron chi connectivity index (χ4n) is 5.85. The molecule has 4 heterocycles. The highest BCUT2D eigenvalue weighted by Crippen LogP contribution is 2.41. The van der Waals surface area contributed by atoms with E-state index in [1.807, 2.05) is 24.4 Å². The first-order chi connectivity index (χ1) is 16.7. The van der Waals surface area contributed by atoms with Gasteiger partial charge < -0.3 is 14.5 Å². The van der Waals surface area contributed by atoms with Gasteiger partial charge in [0.05, 0.1) is 12.7 Å². The first-order valence-electron chi connectivity index (χ1n) is 12.8. The van der Waals surface area contributed by atoms with Gasteiger partial charge in [0.2, 0.25) is 0 Å². The Bertz CT molecular complexity index is 1240. The van der Waals surface area contributed by atoms with Crippen molar-refractivity contribution in [2.24, 2.45) is 5.92 Å². The number of nitrogens with one attached hydrogen (secondary N) is 1. The van der Waals surface area contributed by atoms with Gasteiger partial charge in [-0.25, -0.2) is 4.39 Å². The largest absolute Gasteiger partial charge is 0.357 e. The Hall–Kier alpha value is -2.51. The molecule has 0 unspecified atom stereocenters. The summed E-state index contributed by atoms with van der Waals surface area (Å²) in [6, 6.07) is 11.9. The molecule has 5 nitrogen and oxygen atoms in total. The van der Waals surface area contributed by atoms with E-state index in [-0.39, 0.29) is 36.8 Å². The van der Waals surface area contributed by atoms with Crippen LogP contribution in [0.4, 0.5) is 8.78 Å². The van der Waals surface area contributed by atoms with Crippen molar-refractivity contribution >= 4 is 10.9 Å². The molecule has 0 saturated carbocycles. The molecule has 1 N–H and O–H groups in total. The molecule has 1 aromatic carbocycles. The van der Waals surface area contributed by atoms with Crippen molar-refractivity contribution in [2.75, 3.05) is 32.9 Å². The van der Waals surface area contributed by atoms with Crippen LogP contribution in [0.25, 0.3) is 10.9 Å². The van der Waals surface area contributed by atoms with Gasteiger partial charge in [0.1, 0.15) is 5.67 Å². The molecule has 2 aliphatic rings.